The molecule has 0 saturated heterocycles. The van der Waals surface area contributed by atoms with Crippen LogP contribution in [0.5, 0.6) is 5.75 Å². The van der Waals surface area contributed by atoms with Crippen LogP contribution in [0.15, 0.2) is 47.1 Å². The number of carbonyl (C=O) groups is 2. The van der Waals surface area contributed by atoms with Crippen molar-refractivity contribution in [2.75, 3.05) is 11.9 Å². The Bertz CT molecular complexity index is 773. The normalized spacial score (nSPS) is 18.6. The standard InChI is InChI=1S/C22H28N2O4/c1-2-3-7-16-8-4-11-19(16)24-21(25)15-28-18-10-5-9-17(14-18)23-22(26)20-12-6-13-27-20/h5-6,9-10,12-14,16,19H,2-4,7-8,11,15H2,1H3,(H,23,26)(H,24,25). The summed E-state index contributed by atoms with van der Waals surface area (Å²) in [6.45, 7) is 2.16. The van der Waals surface area contributed by atoms with Gasteiger partial charge in [0.1, 0.15) is 5.75 Å². The second-order valence-electron chi connectivity index (χ2n) is 7.26. The van der Waals surface area contributed by atoms with Crippen molar-refractivity contribution >= 4 is 17.5 Å². The molecule has 1 aromatic heterocycles. The molecule has 3 rings (SSSR count). The van der Waals surface area contributed by atoms with Crippen LogP contribution in [0, 0.1) is 5.92 Å². The van der Waals surface area contributed by atoms with Crippen LogP contribution in [0.3, 0.4) is 0 Å². The fourth-order valence-electron chi connectivity index (χ4n) is 3.70. The predicted octanol–water partition coefficient (Wildman–Crippen LogP) is 4.39. The number of hydrogen-bond donors (Lipinski definition) is 2. The summed E-state index contributed by atoms with van der Waals surface area (Å²) in [5.74, 6) is 0.919. The van der Waals surface area contributed by atoms with Crippen LogP contribution in [0.4, 0.5) is 5.69 Å². The largest absolute Gasteiger partial charge is 0.484 e. The molecule has 0 radical (unpaired) electrons. The zero-order valence-electron chi connectivity index (χ0n) is 16.3. The van der Waals surface area contributed by atoms with Gasteiger partial charge in [-0.15, -0.1) is 0 Å². The van der Waals surface area contributed by atoms with Gasteiger partial charge in [-0.2, -0.15) is 0 Å². The lowest BCUT2D eigenvalue weighted by molar-refractivity contribution is -0.124. The summed E-state index contributed by atoms with van der Waals surface area (Å²) in [6.07, 6.45) is 8.45. The topological polar surface area (TPSA) is 80.6 Å². The first kappa shape index (κ1) is 20.0. The van der Waals surface area contributed by atoms with Crippen LogP contribution in [0.1, 0.15) is 56.0 Å². The van der Waals surface area contributed by atoms with E-state index in [9.17, 15) is 9.59 Å². The third kappa shape index (κ3) is 5.62. The van der Waals surface area contributed by atoms with E-state index in [0.717, 1.165) is 6.42 Å². The predicted molar refractivity (Wildman–Crippen MR) is 107 cm³/mol. The van der Waals surface area contributed by atoms with Gasteiger partial charge in [-0.05, 0) is 49.4 Å². The van der Waals surface area contributed by atoms with E-state index >= 15 is 0 Å². The van der Waals surface area contributed by atoms with Crippen LogP contribution in [-0.2, 0) is 4.79 Å². The minimum Gasteiger partial charge on any atom is -0.484 e. The molecule has 6 nitrogen and oxygen atoms in total. The molecule has 28 heavy (non-hydrogen) atoms. The number of unbranched alkanes of at least 4 members (excludes halogenated alkanes) is 1. The number of anilines is 1. The van der Waals surface area contributed by atoms with E-state index in [1.807, 2.05) is 0 Å². The van der Waals surface area contributed by atoms with E-state index in [0.29, 0.717) is 17.4 Å². The Balaban J connectivity index is 1.47. The van der Waals surface area contributed by atoms with Gasteiger partial charge in [0.15, 0.2) is 12.4 Å². The van der Waals surface area contributed by atoms with Crippen LogP contribution in [0.2, 0.25) is 0 Å². The highest BCUT2D eigenvalue weighted by Crippen LogP contribution is 2.29. The molecule has 1 saturated carbocycles. The van der Waals surface area contributed by atoms with Gasteiger partial charge in [0, 0.05) is 17.8 Å². The van der Waals surface area contributed by atoms with Crippen molar-refractivity contribution in [3.05, 3.63) is 48.4 Å². The van der Waals surface area contributed by atoms with Crippen LogP contribution in [-0.4, -0.2) is 24.5 Å². The highest BCUT2D eigenvalue weighted by molar-refractivity contribution is 6.02. The van der Waals surface area contributed by atoms with E-state index in [1.165, 1.54) is 38.4 Å². The monoisotopic (exact) mass is 384 g/mol. The maximum atomic E-state index is 12.3. The molecule has 1 aliphatic carbocycles. The minimum atomic E-state index is -0.334. The zero-order valence-corrected chi connectivity index (χ0v) is 16.3. The number of amides is 2. The SMILES string of the molecule is CCCCC1CCCC1NC(=O)COc1cccc(NC(=O)c2ccco2)c1. The molecule has 0 aliphatic heterocycles. The van der Waals surface area contributed by atoms with Crippen LogP contribution < -0.4 is 15.4 Å². The Morgan fingerprint density at radius 2 is 2.11 bits per heavy atom. The summed E-state index contributed by atoms with van der Waals surface area (Å²) in [6, 6.07) is 10.5. The number of benzene rings is 1. The van der Waals surface area contributed by atoms with E-state index in [-0.39, 0.29) is 30.2 Å². The first-order valence-corrected chi connectivity index (χ1v) is 10.0. The van der Waals surface area contributed by atoms with Gasteiger partial charge in [0.05, 0.1) is 6.26 Å². The van der Waals surface area contributed by atoms with Crippen molar-refractivity contribution in [1.29, 1.82) is 0 Å². The molecule has 1 fully saturated rings. The number of rotatable bonds is 9. The smallest absolute Gasteiger partial charge is 0.291 e. The number of furan rings is 1. The second kappa shape index (κ2) is 9.97. The molecule has 2 aromatic rings. The Hall–Kier alpha value is -2.76. The van der Waals surface area contributed by atoms with Crippen LogP contribution >= 0.6 is 0 Å². The van der Waals surface area contributed by atoms with Crippen molar-refractivity contribution in [2.45, 2.75) is 51.5 Å². The molecule has 0 spiro atoms. The number of nitrogens with one attached hydrogen (secondary N) is 2. The fraction of sp³-hybridized carbons (Fsp3) is 0.455. The summed E-state index contributed by atoms with van der Waals surface area (Å²) in [5, 5.41) is 5.87. The molecule has 2 amide bonds. The van der Waals surface area contributed by atoms with Gasteiger partial charge < -0.3 is 19.8 Å². The van der Waals surface area contributed by atoms with E-state index < -0.39 is 0 Å². The third-order valence-electron chi connectivity index (χ3n) is 5.14. The van der Waals surface area contributed by atoms with Crippen molar-refractivity contribution < 1.29 is 18.7 Å². The van der Waals surface area contributed by atoms with Crippen molar-refractivity contribution in [2.24, 2.45) is 5.92 Å². The minimum absolute atomic E-state index is 0.0351. The molecule has 2 unspecified atom stereocenters. The average molecular weight is 384 g/mol. The van der Waals surface area contributed by atoms with Crippen molar-refractivity contribution in [3.63, 3.8) is 0 Å². The van der Waals surface area contributed by atoms with Gasteiger partial charge in [-0.3, -0.25) is 9.59 Å². The highest BCUT2D eigenvalue weighted by Gasteiger charge is 2.27. The molecular weight excluding hydrogens is 356 g/mol. The Morgan fingerprint density at radius 3 is 2.89 bits per heavy atom. The van der Waals surface area contributed by atoms with Crippen LogP contribution in [0.25, 0.3) is 0 Å². The van der Waals surface area contributed by atoms with Gasteiger partial charge in [0.2, 0.25) is 0 Å². The third-order valence-corrected chi connectivity index (χ3v) is 5.14. The molecule has 0 bridgehead atoms. The molecule has 1 heterocycles. The van der Waals surface area contributed by atoms with Crippen molar-refractivity contribution in [1.82, 2.24) is 5.32 Å². The number of ether oxygens (including phenoxy) is 1. The quantitative estimate of drug-likeness (QED) is 0.672. The van der Waals surface area contributed by atoms with Gasteiger partial charge in [-0.1, -0.05) is 32.3 Å². The van der Waals surface area contributed by atoms with E-state index in [4.69, 9.17) is 9.15 Å². The van der Waals surface area contributed by atoms with E-state index in [1.54, 1.807) is 36.4 Å². The Kier molecular flexibility index (Phi) is 7.12. The molecule has 1 aliphatic rings. The highest BCUT2D eigenvalue weighted by atomic mass is 16.5. The maximum Gasteiger partial charge on any atom is 0.291 e. The van der Waals surface area contributed by atoms with Gasteiger partial charge >= 0.3 is 0 Å². The summed E-state index contributed by atoms with van der Waals surface area (Å²) in [7, 11) is 0. The summed E-state index contributed by atoms with van der Waals surface area (Å²) in [5.41, 5.74) is 0.578. The van der Waals surface area contributed by atoms with Gasteiger partial charge in [-0.25, -0.2) is 0 Å². The summed E-state index contributed by atoms with van der Waals surface area (Å²) < 4.78 is 10.7. The molecule has 150 valence electrons. The average Bonchev–Trinajstić information content (AvgIpc) is 3.37. The van der Waals surface area contributed by atoms with E-state index in [2.05, 4.69) is 17.6 Å². The second-order valence-corrected chi connectivity index (χ2v) is 7.26. The Labute approximate surface area is 165 Å². The first-order chi connectivity index (χ1) is 13.7. The summed E-state index contributed by atoms with van der Waals surface area (Å²) >= 11 is 0. The number of hydrogen-bond acceptors (Lipinski definition) is 4. The van der Waals surface area contributed by atoms with Gasteiger partial charge in [0.25, 0.3) is 11.8 Å². The first-order valence-electron chi connectivity index (χ1n) is 10.0. The maximum absolute atomic E-state index is 12.3. The van der Waals surface area contributed by atoms with Crippen molar-refractivity contribution in [3.8, 4) is 5.75 Å². The zero-order chi connectivity index (χ0) is 19.8. The number of carbonyl (C=O) groups excluding carboxylic acids is 2. The molecular formula is C22H28N2O4. The molecule has 2 atom stereocenters. The Morgan fingerprint density at radius 1 is 1.21 bits per heavy atom. The molecule has 1 aromatic carbocycles. The summed E-state index contributed by atoms with van der Waals surface area (Å²) in [4.78, 5) is 24.3. The lowest BCUT2D eigenvalue weighted by Gasteiger charge is -2.21. The fourth-order valence-corrected chi connectivity index (χ4v) is 3.70. The lowest BCUT2D eigenvalue weighted by atomic mass is 9.97. The lowest BCUT2D eigenvalue weighted by Crippen LogP contribution is -2.40. The molecule has 2 N–H and O–H groups in total. The molecule has 6 heteroatoms.